The van der Waals surface area contributed by atoms with Crippen molar-refractivity contribution in [3.63, 3.8) is 0 Å². The summed E-state index contributed by atoms with van der Waals surface area (Å²) in [4.78, 5) is 29.0. The number of aromatic nitrogens is 6. The van der Waals surface area contributed by atoms with E-state index in [2.05, 4.69) is 15.4 Å². The second-order valence-electron chi connectivity index (χ2n) is 5.30. The number of thiophene rings is 1. The van der Waals surface area contributed by atoms with Gasteiger partial charge in [0.2, 0.25) is 0 Å². The Kier molecular flexibility index (Phi) is 3.35. The smallest absolute Gasteiger partial charge is 0.269 e. The van der Waals surface area contributed by atoms with Gasteiger partial charge in [0.15, 0.2) is 0 Å². The first kappa shape index (κ1) is 14.5. The first-order valence-corrected chi connectivity index (χ1v) is 8.05. The summed E-state index contributed by atoms with van der Waals surface area (Å²) >= 11 is 1.39. The van der Waals surface area contributed by atoms with Crippen LogP contribution in [0.4, 0.5) is 0 Å². The van der Waals surface area contributed by atoms with Crippen LogP contribution in [0.3, 0.4) is 0 Å². The molecule has 8 nitrogen and oxygen atoms in total. The summed E-state index contributed by atoms with van der Waals surface area (Å²) in [7, 11) is 0. The Labute approximate surface area is 139 Å². The molecule has 0 spiro atoms. The second kappa shape index (κ2) is 5.53. The van der Waals surface area contributed by atoms with Gasteiger partial charge < -0.3 is 0 Å². The average molecular weight is 340 g/mol. The maximum Gasteiger partial charge on any atom is 0.369 e. The van der Waals surface area contributed by atoms with Crippen LogP contribution in [0.25, 0.3) is 10.6 Å². The molecule has 0 amide bonds. The molecule has 24 heavy (non-hydrogen) atoms. The van der Waals surface area contributed by atoms with Gasteiger partial charge in [-0.1, -0.05) is 6.07 Å². The number of fused-ring (bicyclic) bond motifs is 1. The number of aryl methyl sites for hydroxylation is 1. The zero-order valence-electron chi connectivity index (χ0n) is 12.7. The lowest BCUT2D eigenvalue weighted by atomic mass is 10.3. The summed E-state index contributed by atoms with van der Waals surface area (Å²) in [5, 5.41) is 10.3. The molecule has 4 heterocycles. The van der Waals surface area contributed by atoms with Crippen molar-refractivity contribution in [3.05, 3.63) is 74.0 Å². The van der Waals surface area contributed by atoms with Crippen molar-refractivity contribution in [1.29, 1.82) is 0 Å². The molecule has 0 saturated carbocycles. The molecule has 0 aliphatic rings. The van der Waals surface area contributed by atoms with Gasteiger partial charge in [-0.25, -0.2) is 9.78 Å². The summed E-state index contributed by atoms with van der Waals surface area (Å²) in [6.45, 7) is 1.99. The third-order valence-electron chi connectivity index (χ3n) is 3.53. The fraction of sp³-hybridized carbons (Fsp3) is 0.133. The van der Waals surface area contributed by atoms with Crippen LogP contribution >= 0.6 is 11.3 Å². The van der Waals surface area contributed by atoms with E-state index in [1.165, 1.54) is 31.2 Å². The fourth-order valence-electron chi connectivity index (χ4n) is 2.39. The Hall–Kier alpha value is -3.07. The van der Waals surface area contributed by atoms with Crippen molar-refractivity contribution < 1.29 is 0 Å². The third kappa shape index (κ3) is 2.44. The summed E-state index contributed by atoms with van der Waals surface area (Å²) in [6, 6.07) is 8.67. The van der Waals surface area contributed by atoms with Gasteiger partial charge in [0.25, 0.3) is 5.56 Å². The predicted molar refractivity (Wildman–Crippen MR) is 88.8 cm³/mol. The lowest BCUT2D eigenvalue weighted by Gasteiger charge is -2.04. The molecule has 0 bridgehead atoms. The summed E-state index contributed by atoms with van der Waals surface area (Å²) < 4.78 is 3.89. The SMILES string of the molecule is Cc1ccc2nc(Cn3nnn(-c4cccs4)c3=O)cc(=O)n2c1. The minimum Gasteiger partial charge on any atom is -0.269 e. The molecule has 0 radical (unpaired) electrons. The average Bonchev–Trinajstić information content (AvgIpc) is 3.19. The first-order chi connectivity index (χ1) is 11.6. The highest BCUT2D eigenvalue weighted by molar-refractivity contribution is 7.12. The fourth-order valence-corrected chi connectivity index (χ4v) is 3.06. The second-order valence-corrected chi connectivity index (χ2v) is 6.23. The number of tetrazole rings is 1. The van der Waals surface area contributed by atoms with Crippen molar-refractivity contribution in [2.75, 3.05) is 0 Å². The topological polar surface area (TPSA) is 87.1 Å². The number of nitrogens with zero attached hydrogens (tertiary/aromatic N) is 6. The van der Waals surface area contributed by atoms with Crippen LogP contribution < -0.4 is 11.2 Å². The van der Waals surface area contributed by atoms with E-state index in [0.29, 0.717) is 16.3 Å². The Balaban J connectivity index is 1.74. The van der Waals surface area contributed by atoms with Crippen LogP contribution in [-0.4, -0.2) is 29.2 Å². The van der Waals surface area contributed by atoms with Crippen LogP contribution in [0.1, 0.15) is 11.3 Å². The molecular formula is C15H12N6O2S. The standard InChI is InChI=1S/C15H12N6O2S/c1-10-4-5-12-16-11(7-13(22)19(12)8-10)9-20-15(23)21(18-17-20)14-3-2-6-24-14/h2-8H,9H2,1H3. The van der Waals surface area contributed by atoms with Crippen molar-refractivity contribution in [3.8, 4) is 5.00 Å². The van der Waals surface area contributed by atoms with Gasteiger partial charge in [-0.05, 0) is 46.5 Å². The number of hydrogen-bond donors (Lipinski definition) is 0. The van der Waals surface area contributed by atoms with E-state index in [-0.39, 0.29) is 17.8 Å². The molecule has 4 rings (SSSR count). The van der Waals surface area contributed by atoms with Crippen LogP contribution in [0.2, 0.25) is 0 Å². The Morgan fingerprint density at radius 3 is 2.83 bits per heavy atom. The quantitative estimate of drug-likeness (QED) is 0.552. The normalized spacial score (nSPS) is 11.2. The first-order valence-electron chi connectivity index (χ1n) is 7.17. The molecule has 4 aromatic heterocycles. The maximum absolute atomic E-state index is 12.4. The van der Waals surface area contributed by atoms with Crippen LogP contribution in [-0.2, 0) is 6.54 Å². The van der Waals surface area contributed by atoms with Gasteiger partial charge in [0, 0.05) is 12.3 Å². The van der Waals surface area contributed by atoms with Gasteiger partial charge in [-0.3, -0.25) is 9.20 Å². The van der Waals surface area contributed by atoms with E-state index in [1.54, 1.807) is 18.3 Å². The van der Waals surface area contributed by atoms with Gasteiger partial charge in [-0.15, -0.1) is 11.3 Å². The van der Waals surface area contributed by atoms with Crippen molar-refractivity contribution in [2.45, 2.75) is 13.5 Å². The number of rotatable bonds is 3. The minimum absolute atomic E-state index is 0.0871. The van der Waals surface area contributed by atoms with Gasteiger partial charge in [0.1, 0.15) is 10.6 Å². The van der Waals surface area contributed by atoms with Crippen LogP contribution in [0.15, 0.2) is 51.5 Å². The molecule has 0 aliphatic heterocycles. The highest BCUT2D eigenvalue weighted by Gasteiger charge is 2.11. The molecular weight excluding hydrogens is 328 g/mol. The van der Waals surface area contributed by atoms with Gasteiger partial charge in [-0.2, -0.15) is 9.36 Å². The van der Waals surface area contributed by atoms with E-state index in [4.69, 9.17) is 0 Å². The van der Waals surface area contributed by atoms with E-state index in [1.807, 2.05) is 24.4 Å². The van der Waals surface area contributed by atoms with E-state index in [9.17, 15) is 9.59 Å². The van der Waals surface area contributed by atoms with Gasteiger partial charge >= 0.3 is 5.69 Å². The Bertz CT molecular complexity index is 1140. The molecule has 0 fully saturated rings. The molecule has 0 aliphatic carbocycles. The maximum atomic E-state index is 12.4. The summed E-state index contributed by atoms with van der Waals surface area (Å²) in [6.07, 6.45) is 1.73. The Morgan fingerprint density at radius 2 is 2.04 bits per heavy atom. The number of pyridine rings is 1. The van der Waals surface area contributed by atoms with E-state index in [0.717, 1.165) is 5.56 Å². The van der Waals surface area contributed by atoms with Crippen molar-refractivity contribution in [1.82, 2.24) is 29.2 Å². The molecule has 0 unspecified atom stereocenters. The van der Waals surface area contributed by atoms with Crippen LogP contribution in [0.5, 0.6) is 0 Å². The Morgan fingerprint density at radius 1 is 1.17 bits per heavy atom. The zero-order chi connectivity index (χ0) is 16.7. The summed E-state index contributed by atoms with van der Waals surface area (Å²) in [5.74, 6) is 0. The lowest BCUT2D eigenvalue weighted by molar-refractivity contribution is 0.620. The molecule has 9 heteroatoms. The zero-order valence-corrected chi connectivity index (χ0v) is 13.5. The minimum atomic E-state index is -0.372. The summed E-state index contributed by atoms with van der Waals surface area (Å²) in [5.41, 5.74) is 1.39. The third-order valence-corrected chi connectivity index (χ3v) is 4.37. The van der Waals surface area contributed by atoms with E-state index >= 15 is 0 Å². The van der Waals surface area contributed by atoms with Crippen LogP contribution in [0, 0.1) is 6.92 Å². The predicted octanol–water partition coefficient (Wildman–Crippen LogP) is 0.855. The van der Waals surface area contributed by atoms with Gasteiger partial charge in [0.05, 0.1) is 12.2 Å². The molecule has 0 N–H and O–H groups in total. The highest BCUT2D eigenvalue weighted by Crippen LogP contribution is 2.10. The number of hydrogen-bond acceptors (Lipinski definition) is 6. The monoisotopic (exact) mass is 340 g/mol. The van der Waals surface area contributed by atoms with Crippen molar-refractivity contribution >= 4 is 17.0 Å². The molecule has 0 saturated heterocycles. The highest BCUT2D eigenvalue weighted by atomic mass is 32.1. The molecule has 4 aromatic rings. The molecule has 0 aromatic carbocycles. The molecule has 0 atom stereocenters. The molecule has 120 valence electrons. The van der Waals surface area contributed by atoms with Crippen molar-refractivity contribution in [2.24, 2.45) is 0 Å². The largest absolute Gasteiger partial charge is 0.369 e. The lowest BCUT2D eigenvalue weighted by Crippen LogP contribution is -2.25. The van der Waals surface area contributed by atoms with E-state index < -0.39 is 0 Å².